The summed E-state index contributed by atoms with van der Waals surface area (Å²) in [5.74, 6) is -1.45. The quantitative estimate of drug-likeness (QED) is 0.179. The summed E-state index contributed by atoms with van der Waals surface area (Å²) in [5, 5.41) is 15.7. The van der Waals surface area contributed by atoms with Gasteiger partial charge in [-0.15, -0.1) is 0 Å². The van der Waals surface area contributed by atoms with E-state index in [1.807, 2.05) is 161 Å². The van der Waals surface area contributed by atoms with Crippen LogP contribution in [0, 0.1) is 23.0 Å². The predicted molar refractivity (Wildman–Crippen MR) is 220 cm³/mol. The number of halogens is 2. The van der Waals surface area contributed by atoms with E-state index >= 15 is 8.78 Å². The Morgan fingerprint density at radius 1 is 0.364 bits per heavy atom. The Labute approximate surface area is 313 Å². The Bertz CT molecular complexity index is 3130. The molecule has 55 heavy (non-hydrogen) atoms. The van der Waals surface area contributed by atoms with Crippen molar-refractivity contribution in [3.8, 4) is 34.3 Å². The summed E-state index contributed by atoms with van der Waals surface area (Å²) in [6.07, 6.45) is 0. The summed E-state index contributed by atoms with van der Waals surface area (Å²) in [6, 6.07) is 56.6. The van der Waals surface area contributed by atoms with Gasteiger partial charge in [-0.05, 0) is 54.1 Å². The number of fused-ring (bicyclic) bond motifs is 9. The fraction of sp³-hybridized carbons (Fsp3) is 0. The van der Waals surface area contributed by atoms with Gasteiger partial charge < -0.3 is 13.7 Å². The van der Waals surface area contributed by atoms with E-state index in [4.69, 9.17) is 0 Å². The van der Waals surface area contributed by atoms with Crippen LogP contribution in [0.1, 0.15) is 5.56 Å². The lowest BCUT2D eigenvalue weighted by atomic mass is 9.96. The highest BCUT2D eigenvalue weighted by molar-refractivity contribution is 6.13. The van der Waals surface area contributed by atoms with Crippen molar-refractivity contribution in [3.63, 3.8) is 0 Å². The van der Waals surface area contributed by atoms with Gasteiger partial charge in [0.25, 0.3) is 0 Å². The zero-order valence-corrected chi connectivity index (χ0v) is 29.2. The topological polar surface area (TPSA) is 38.6 Å². The van der Waals surface area contributed by atoms with Crippen molar-refractivity contribution in [2.24, 2.45) is 0 Å². The van der Waals surface area contributed by atoms with E-state index < -0.39 is 11.6 Å². The van der Waals surface area contributed by atoms with Gasteiger partial charge in [-0.2, -0.15) is 5.26 Å². The Kier molecular flexibility index (Phi) is 6.64. The van der Waals surface area contributed by atoms with E-state index in [-0.39, 0.29) is 17.1 Å². The minimum atomic E-state index is -0.725. The average molecular weight is 711 g/mol. The molecule has 4 nitrogen and oxygen atoms in total. The normalized spacial score (nSPS) is 11.8. The van der Waals surface area contributed by atoms with Gasteiger partial charge in [0.15, 0.2) is 11.6 Å². The first kappa shape index (κ1) is 31.1. The van der Waals surface area contributed by atoms with Gasteiger partial charge in [0.1, 0.15) is 5.69 Å². The van der Waals surface area contributed by atoms with Crippen molar-refractivity contribution in [1.82, 2.24) is 13.7 Å². The molecular weight excluding hydrogens is 683 g/mol. The maximum absolute atomic E-state index is 18.8. The molecule has 0 bridgehead atoms. The summed E-state index contributed by atoms with van der Waals surface area (Å²) in [6.45, 7) is 0. The summed E-state index contributed by atoms with van der Waals surface area (Å²) >= 11 is 0. The maximum atomic E-state index is 18.8. The fourth-order valence-electron chi connectivity index (χ4n) is 8.78. The van der Waals surface area contributed by atoms with Gasteiger partial charge in [-0.25, -0.2) is 8.78 Å². The second-order valence-corrected chi connectivity index (χ2v) is 13.9. The lowest BCUT2D eigenvalue weighted by molar-refractivity contribution is 0.567. The van der Waals surface area contributed by atoms with Crippen LogP contribution < -0.4 is 0 Å². The van der Waals surface area contributed by atoms with Gasteiger partial charge >= 0.3 is 0 Å². The van der Waals surface area contributed by atoms with Crippen molar-refractivity contribution in [2.75, 3.05) is 0 Å². The molecule has 0 amide bonds. The third-order valence-electron chi connectivity index (χ3n) is 11.0. The van der Waals surface area contributed by atoms with Crippen LogP contribution in [0.15, 0.2) is 170 Å². The minimum Gasteiger partial charge on any atom is -0.306 e. The smallest absolute Gasteiger partial charge is 0.174 e. The minimum absolute atomic E-state index is 0.183. The number of nitrogens with zero attached hydrogens (tertiary/aromatic N) is 4. The third kappa shape index (κ3) is 4.29. The van der Waals surface area contributed by atoms with E-state index in [9.17, 15) is 5.26 Å². The molecule has 0 aliphatic carbocycles. The van der Waals surface area contributed by atoms with E-state index in [1.165, 1.54) is 0 Å². The summed E-state index contributed by atoms with van der Waals surface area (Å²) in [5.41, 5.74) is 5.85. The lowest BCUT2D eigenvalue weighted by Gasteiger charge is -2.25. The van der Waals surface area contributed by atoms with Crippen LogP contribution in [-0.4, -0.2) is 13.7 Å². The second kappa shape index (κ2) is 11.8. The van der Waals surface area contributed by atoms with E-state index in [0.717, 1.165) is 54.4 Å². The van der Waals surface area contributed by atoms with Gasteiger partial charge in [0, 0.05) is 37.9 Å². The van der Waals surface area contributed by atoms with Crippen LogP contribution in [0.25, 0.3) is 93.6 Å². The van der Waals surface area contributed by atoms with Gasteiger partial charge in [-0.1, -0.05) is 121 Å². The second-order valence-electron chi connectivity index (χ2n) is 13.9. The molecule has 0 saturated carbocycles. The molecule has 0 fully saturated rings. The van der Waals surface area contributed by atoms with Gasteiger partial charge in [-0.3, -0.25) is 0 Å². The fourth-order valence-corrected chi connectivity index (χ4v) is 8.78. The molecule has 0 atom stereocenters. The van der Waals surface area contributed by atoms with Crippen molar-refractivity contribution in [3.05, 3.63) is 187 Å². The van der Waals surface area contributed by atoms with Gasteiger partial charge in [0.05, 0.1) is 56.1 Å². The molecule has 3 aromatic heterocycles. The zero-order chi connectivity index (χ0) is 36.8. The van der Waals surface area contributed by atoms with E-state index in [0.29, 0.717) is 27.7 Å². The molecule has 0 saturated heterocycles. The Morgan fingerprint density at radius 3 is 1.00 bits per heavy atom. The molecule has 6 heteroatoms. The molecule has 11 rings (SSSR count). The van der Waals surface area contributed by atoms with Crippen LogP contribution in [0.2, 0.25) is 0 Å². The van der Waals surface area contributed by atoms with E-state index in [1.54, 1.807) is 22.8 Å². The molecule has 0 N–H and O–H groups in total. The Balaban J connectivity index is 1.45. The van der Waals surface area contributed by atoms with Crippen molar-refractivity contribution < 1.29 is 8.78 Å². The number of nitriles is 1. The first-order valence-electron chi connectivity index (χ1n) is 18.1. The van der Waals surface area contributed by atoms with Crippen LogP contribution in [-0.2, 0) is 0 Å². The summed E-state index contributed by atoms with van der Waals surface area (Å²) in [7, 11) is 0. The molecule has 0 spiro atoms. The molecule has 11 aromatic rings. The highest BCUT2D eigenvalue weighted by Gasteiger charge is 2.33. The highest BCUT2D eigenvalue weighted by atomic mass is 19.1. The Hall–Kier alpha value is -7.49. The predicted octanol–water partition coefficient (Wildman–Crippen LogP) is 12.8. The number of hydrogen-bond donors (Lipinski definition) is 0. The molecule has 0 aliphatic heterocycles. The number of hydrogen-bond acceptors (Lipinski definition) is 1. The van der Waals surface area contributed by atoms with Crippen LogP contribution >= 0.6 is 0 Å². The summed E-state index contributed by atoms with van der Waals surface area (Å²) < 4.78 is 43.2. The van der Waals surface area contributed by atoms with Gasteiger partial charge in [0.2, 0.25) is 0 Å². The Morgan fingerprint density at radius 2 is 0.673 bits per heavy atom. The van der Waals surface area contributed by atoms with Crippen LogP contribution in [0.5, 0.6) is 0 Å². The molecule has 0 radical (unpaired) electrons. The largest absolute Gasteiger partial charge is 0.306 e. The van der Waals surface area contributed by atoms with Crippen LogP contribution in [0.4, 0.5) is 8.78 Å². The lowest BCUT2D eigenvalue weighted by Crippen LogP contribution is -2.14. The zero-order valence-electron chi connectivity index (χ0n) is 29.2. The SMILES string of the molecule is N#Cc1cccc(-c2c(-n3c4ccccc4c4ccccc43)c(F)c(-n3c4ccccc4c4ccccc43)c(F)c2-n2c3ccccc3c3ccccc32)c1. The first-order valence-corrected chi connectivity index (χ1v) is 18.1. The monoisotopic (exact) mass is 710 g/mol. The first-order chi connectivity index (χ1) is 27.1. The molecule has 3 heterocycles. The summed E-state index contributed by atoms with van der Waals surface area (Å²) in [4.78, 5) is 0. The average Bonchev–Trinajstić information content (AvgIpc) is 3.87. The van der Waals surface area contributed by atoms with Crippen molar-refractivity contribution in [2.45, 2.75) is 0 Å². The van der Waals surface area contributed by atoms with E-state index in [2.05, 4.69) is 6.07 Å². The number of para-hydroxylation sites is 6. The third-order valence-corrected chi connectivity index (χ3v) is 11.0. The highest BCUT2D eigenvalue weighted by Crippen LogP contribution is 2.47. The number of rotatable bonds is 4. The molecular formula is C49H28F2N4. The number of aromatic nitrogens is 3. The molecule has 8 aromatic carbocycles. The molecule has 258 valence electrons. The standard InChI is InChI=1S/C49H28F2N4/c50-45-47(53-38-22-7-1-16-32(38)33-17-2-8-23-39(33)53)44(31-15-13-14-30(28-31)29-52)48(54-40-24-9-3-18-34(40)35-19-4-10-25-41(35)54)46(51)49(45)55-42-26-11-5-20-36(42)37-21-6-12-27-43(37)55/h1-28H. The molecule has 0 unspecified atom stereocenters. The maximum Gasteiger partial charge on any atom is 0.174 e. The van der Waals surface area contributed by atoms with Crippen molar-refractivity contribution in [1.29, 1.82) is 5.26 Å². The van der Waals surface area contributed by atoms with Crippen molar-refractivity contribution >= 4 is 65.4 Å². The molecule has 0 aliphatic rings. The number of benzene rings is 8. The van der Waals surface area contributed by atoms with Crippen LogP contribution in [0.3, 0.4) is 0 Å².